The maximum atomic E-state index is 6.14. The zero-order chi connectivity index (χ0) is 23.1. The Hall–Kier alpha value is -3.19. The van der Waals surface area contributed by atoms with Crippen LogP contribution in [0.4, 0.5) is 17.5 Å². The minimum atomic E-state index is 0.318. The fourth-order valence-corrected chi connectivity index (χ4v) is 5.71. The first-order valence-electron chi connectivity index (χ1n) is 12.7. The molecule has 34 heavy (non-hydrogen) atoms. The molecule has 2 fully saturated rings. The average Bonchev–Trinajstić information content (AvgIpc) is 3.54. The molecule has 176 valence electrons. The van der Waals surface area contributed by atoms with Crippen molar-refractivity contribution in [3.05, 3.63) is 48.8 Å². The van der Waals surface area contributed by atoms with Gasteiger partial charge in [0.1, 0.15) is 0 Å². The second-order valence-electron chi connectivity index (χ2n) is 9.95. The summed E-state index contributed by atoms with van der Waals surface area (Å²) in [5.74, 6) is 1.53. The number of hydrogen-bond acceptors (Lipinski definition) is 6. The van der Waals surface area contributed by atoms with E-state index in [2.05, 4.69) is 64.3 Å². The van der Waals surface area contributed by atoms with Gasteiger partial charge in [-0.05, 0) is 50.0 Å². The number of nitrogens with one attached hydrogen (secondary N) is 1. The Bertz CT molecular complexity index is 1290. The lowest BCUT2D eigenvalue weighted by atomic mass is 9.92. The molecule has 2 aliphatic rings. The quantitative estimate of drug-likeness (QED) is 0.411. The van der Waals surface area contributed by atoms with Crippen LogP contribution in [0, 0.1) is 0 Å². The van der Waals surface area contributed by atoms with E-state index in [0.29, 0.717) is 24.1 Å². The van der Waals surface area contributed by atoms with Gasteiger partial charge in [0.25, 0.3) is 0 Å². The average molecular weight is 456 g/mol. The monoisotopic (exact) mass is 455 g/mol. The van der Waals surface area contributed by atoms with Gasteiger partial charge in [-0.25, -0.2) is 4.98 Å². The fraction of sp³-hybridized carbons (Fsp3) is 0.444. The van der Waals surface area contributed by atoms with Gasteiger partial charge in [0, 0.05) is 36.2 Å². The molecule has 4 aromatic rings. The number of fused-ring (bicyclic) bond motifs is 2. The normalized spacial score (nSPS) is 21.4. The molecule has 7 nitrogen and oxygen atoms in total. The van der Waals surface area contributed by atoms with Gasteiger partial charge in [0.2, 0.25) is 5.95 Å². The van der Waals surface area contributed by atoms with Crippen LogP contribution in [-0.2, 0) is 0 Å². The van der Waals surface area contributed by atoms with E-state index >= 15 is 0 Å². The van der Waals surface area contributed by atoms with E-state index in [0.717, 1.165) is 48.4 Å². The third-order valence-corrected chi connectivity index (χ3v) is 7.67. The summed E-state index contributed by atoms with van der Waals surface area (Å²) in [7, 11) is 2.08. The third-order valence-electron chi connectivity index (χ3n) is 7.67. The summed E-state index contributed by atoms with van der Waals surface area (Å²) in [5, 5.41) is 6.05. The molecular weight excluding hydrogens is 422 g/mol. The zero-order valence-corrected chi connectivity index (χ0v) is 19.8. The van der Waals surface area contributed by atoms with Crippen LogP contribution in [0.5, 0.6) is 0 Å². The maximum Gasteiger partial charge on any atom is 0.227 e. The summed E-state index contributed by atoms with van der Waals surface area (Å²) in [4.78, 5) is 17.1. The molecule has 0 spiro atoms. The summed E-state index contributed by atoms with van der Waals surface area (Å²) in [6, 6.07) is 16.0. The molecule has 2 aliphatic carbocycles. The number of aromatic nitrogens is 4. The molecule has 0 bridgehead atoms. The van der Waals surface area contributed by atoms with E-state index in [1.165, 1.54) is 36.5 Å². The minimum absolute atomic E-state index is 0.318. The number of nitrogens with zero attached hydrogens (tertiary/aromatic N) is 5. The van der Waals surface area contributed by atoms with Crippen LogP contribution in [0.3, 0.4) is 0 Å². The van der Waals surface area contributed by atoms with E-state index < -0.39 is 0 Å². The van der Waals surface area contributed by atoms with Crippen LogP contribution in [0.2, 0.25) is 0 Å². The van der Waals surface area contributed by atoms with Crippen LogP contribution < -0.4 is 16.0 Å². The highest BCUT2D eigenvalue weighted by Gasteiger charge is 2.25. The largest absolute Gasteiger partial charge is 0.351 e. The van der Waals surface area contributed by atoms with Gasteiger partial charge in [-0.15, -0.1) is 0 Å². The summed E-state index contributed by atoms with van der Waals surface area (Å²) < 4.78 is 2.28. The Balaban J connectivity index is 1.45. The third kappa shape index (κ3) is 3.88. The number of anilines is 3. The van der Waals surface area contributed by atoms with Crippen molar-refractivity contribution >= 4 is 39.4 Å². The van der Waals surface area contributed by atoms with E-state index in [1.54, 1.807) is 0 Å². The van der Waals surface area contributed by atoms with Gasteiger partial charge < -0.3 is 20.5 Å². The van der Waals surface area contributed by atoms with Crippen LogP contribution in [0.1, 0.15) is 57.4 Å². The lowest BCUT2D eigenvalue weighted by Gasteiger charge is -2.27. The molecule has 7 heteroatoms. The summed E-state index contributed by atoms with van der Waals surface area (Å²) in [6.07, 6.45) is 11.1. The Morgan fingerprint density at radius 1 is 0.941 bits per heavy atom. The van der Waals surface area contributed by atoms with Gasteiger partial charge in [-0.3, -0.25) is 0 Å². The molecule has 3 N–H and O–H groups in total. The highest BCUT2D eigenvalue weighted by Crippen LogP contribution is 2.37. The lowest BCUT2D eigenvalue weighted by molar-refractivity contribution is 0.410. The van der Waals surface area contributed by atoms with Crippen molar-refractivity contribution in [1.82, 2.24) is 19.5 Å². The Morgan fingerprint density at radius 2 is 1.71 bits per heavy atom. The number of imidazole rings is 1. The predicted octanol–water partition coefficient (Wildman–Crippen LogP) is 5.54. The Kier molecular flexibility index (Phi) is 5.57. The second-order valence-corrected chi connectivity index (χ2v) is 9.95. The lowest BCUT2D eigenvalue weighted by Crippen LogP contribution is -2.33. The highest BCUT2D eigenvalue weighted by atomic mass is 15.3. The molecule has 0 aliphatic heterocycles. The molecule has 6 rings (SSSR count). The summed E-state index contributed by atoms with van der Waals surface area (Å²) in [6.45, 7) is 0. The van der Waals surface area contributed by atoms with Crippen LogP contribution >= 0.6 is 0 Å². The number of benzene rings is 2. The molecule has 0 unspecified atom stereocenters. The smallest absolute Gasteiger partial charge is 0.227 e. The molecule has 0 saturated heterocycles. The van der Waals surface area contributed by atoms with Crippen molar-refractivity contribution in [3.8, 4) is 0 Å². The summed E-state index contributed by atoms with van der Waals surface area (Å²) >= 11 is 0. The number of rotatable bonds is 5. The number of hydrogen-bond donors (Lipinski definition) is 2. The van der Waals surface area contributed by atoms with E-state index in [4.69, 9.17) is 20.7 Å². The predicted molar refractivity (Wildman–Crippen MR) is 139 cm³/mol. The first-order chi connectivity index (χ1) is 16.7. The SMILES string of the molecule is CN(c1cccc2ccccc12)c1nc(NC2CCC(N)CC2)nc2c1ncn2C1CCCC1. The molecule has 0 radical (unpaired) electrons. The molecule has 2 aromatic carbocycles. The number of nitrogens with two attached hydrogens (primary N) is 1. The highest BCUT2D eigenvalue weighted by molar-refractivity contribution is 5.98. The van der Waals surface area contributed by atoms with E-state index in [1.807, 2.05) is 6.33 Å². The van der Waals surface area contributed by atoms with Crippen molar-refractivity contribution in [2.45, 2.75) is 69.5 Å². The van der Waals surface area contributed by atoms with Crippen LogP contribution in [-0.4, -0.2) is 38.7 Å². The van der Waals surface area contributed by atoms with Gasteiger partial charge in [0.15, 0.2) is 17.0 Å². The first-order valence-corrected chi connectivity index (χ1v) is 12.7. The topological polar surface area (TPSA) is 84.9 Å². The van der Waals surface area contributed by atoms with Gasteiger partial charge in [-0.2, -0.15) is 9.97 Å². The van der Waals surface area contributed by atoms with Gasteiger partial charge in [-0.1, -0.05) is 49.2 Å². The second kappa shape index (κ2) is 8.87. The van der Waals surface area contributed by atoms with Crippen molar-refractivity contribution in [3.63, 3.8) is 0 Å². The molecule has 2 saturated carbocycles. The van der Waals surface area contributed by atoms with Crippen molar-refractivity contribution in [2.24, 2.45) is 5.73 Å². The summed E-state index contributed by atoms with van der Waals surface area (Å²) in [5.41, 5.74) is 9.04. The molecule has 2 heterocycles. The first kappa shape index (κ1) is 21.4. The maximum absolute atomic E-state index is 6.14. The van der Waals surface area contributed by atoms with Crippen molar-refractivity contribution in [1.29, 1.82) is 0 Å². The zero-order valence-electron chi connectivity index (χ0n) is 19.8. The van der Waals surface area contributed by atoms with E-state index in [-0.39, 0.29) is 0 Å². The molecule has 0 amide bonds. The van der Waals surface area contributed by atoms with Crippen molar-refractivity contribution < 1.29 is 0 Å². The van der Waals surface area contributed by atoms with Gasteiger partial charge >= 0.3 is 0 Å². The molecule has 0 atom stereocenters. The molecule has 2 aromatic heterocycles. The van der Waals surface area contributed by atoms with Crippen LogP contribution in [0.25, 0.3) is 21.9 Å². The molecular formula is C27H33N7. The van der Waals surface area contributed by atoms with Crippen molar-refractivity contribution in [2.75, 3.05) is 17.3 Å². The Labute approximate surface area is 200 Å². The standard InChI is InChI=1S/C27H33N7/c1-33(23-12-6-8-18-7-2-5-11-22(18)23)25-24-26(34(17-29-24)21-9-3-4-10-21)32-27(31-25)30-20-15-13-19(28)14-16-20/h2,5-8,11-12,17,19-21H,3-4,9-10,13-16,28H2,1H3,(H,30,31,32). The Morgan fingerprint density at radius 3 is 2.53 bits per heavy atom. The fourth-order valence-electron chi connectivity index (χ4n) is 5.71. The van der Waals surface area contributed by atoms with E-state index in [9.17, 15) is 0 Å². The van der Waals surface area contributed by atoms with Gasteiger partial charge in [0.05, 0.1) is 6.33 Å². The minimum Gasteiger partial charge on any atom is -0.351 e. The van der Waals surface area contributed by atoms with Crippen LogP contribution in [0.15, 0.2) is 48.8 Å².